The van der Waals surface area contributed by atoms with Gasteiger partial charge in [0.25, 0.3) is 10.0 Å². The quantitative estimate of drug-likeness (QED) is 0.858. The molecular formula is C14H24N4O2S. The minimum absolute atomic E-state index is 0.138. The molecule has 1 aromatic rings. The lowest BCUT2D eigenvalue weighted by molar-refractivity contribution is 0.159. The second-order valence-electron chi connectivity index (χ2n) is 5.48. The van der Waals surface area contributed by atoms with Crippen molar-refractivity contribution in [3.8, 4) is 0 Å². The van der Waals surface area contributed by atoms with Gasteiger partial charge in [-0.3, -0.25) is 0 Å². The Labute approximate surface area is 127 Å². The SMILES string of the molecule is CCNCc1ccc(S(=O)(=O)N2CCN(C)C(C)C2)nc1. The summed E-state index contributed by atoms with van der Waals surface area (Å²) in [7, 11) is -1.46. The molecule has 0 amide bonds. The van der Waals surface area contributed by atoms with Crippen molar-refractivity contribution in [2.75, 3.05) is 33.2 Å². The van der Waals surface area contributed by atoms with Gasteiger partial charge in [0.05, 0.1) is 0 Å². The van der Waals surface area contributed by atoms with Gasteiger partial charge in [-0.25, -0.2) is 13.4 Å². The molecule has 7 heteroatoms. The Hall–Kier alpha value is -1.02. The van der Waals surface area contributed by atoms with Gasteiger partial charge >= 0.3 is 0 Å². The number of hydrogen-bond donors (Lipinski definition) is 1. The first-order valence-corrected chi connectivity index (χ1v) is 8.75. The Morgan fingerprint density at radius 3 is 2.71 bits per heavy atom. The van der Waals surface area contributed by atoms with Crippen LogP contribution in [0.5, 0.6) is 0 Å². The third-order valence-electron chi connectivity index (χ3n) is 3.90. The van der Waals surface area contributed by atoms with Crippen molar-refractivity contribution in [1.29, 1.82) is 0 Å². The zero-order valence-electron chi connectivity index (χ0n) is 12.9. The Bertz CT molecular complexity index is 559. The Kier molecular flexibility index (Phi) is 5.32. The first-order chi connectivity index (χ1) is 9.95. The molecule has 2 heterocycles. The number of nitrogens with zero attached hydrogens (tertiary/aromatic N) is 3. The topological polar surface area (TPSA) is 65.5 Å². The van der Waals surface area contributed by atoms with E-state index in [1.807, 2.05) is 27.0 Å². The zero-order valence-corrected chi connectivity index (χ0v) is 13.7. The third-order valence-corrected chi connectivity index (χ3v) is 5.68. The highest BCUT2D eigenvalue weighted by Crippen LogP contribution is 2.18. The van der Waals surface area contributed by atoms with Gasteiger partial charge in [0, 0.05) is 38.4 Å². The molecule has 0 radical (unpaired) electrons. The lowest BCUT2D eigenvalue weighted by Crippen LogP contribution is -2.51. The number of rotatable bonds is 5. The van der Waals surface area contributed by atoms with Gasteiger partial charge in [-0.15, -0.1) is 0 Å². The van der Waals surface area contributed by atoms with Gasteiger partial charge in [0.1, 0.15) is 0 Å². The monoisotopic (exact) mass is 312 g/mol. The van der Waals surface area contributed by atoms with Crippen molar-refractivity contribution in [2.45, 2.75) is 31.5 Å². The summed E-state index contributed by atoms with van der Waals surface area (Å²) in [6.07, 6.45) is 1.63. The van der Waals surface area contributed by atoms with E-state index in [1.54, 1.807) is 12.3 Å². The highest BCUT2D eigenvalue weighted by atomic mass is 32.2. The van der Waals surface area contributed by atoms with E-state index in [0.29, 0.717) is 19.6 Å². The van der Waals surface area contributed by atoms with E-state index < -0.39 is 10.0 Å². The van der Waals surface area contributed by atoms with Crippen molar-refractivity contribution in [3.05, 3.63) is 23.9 Å². The van der Waals surface area contributed by atoms with Crippen LogP contribution in [0.4, 0.5) is 0 Å². The fourth-order valence-electron chi connectivity index (χ4n) is 2.30. The summed E-state index contributed by atoms with van der Waals surface area (Å²) in [5.74, 6) is 0. The molecule has 1 aliphatic rings. The first-order valence-electron chi connectivity index (χ1n) is 7.31. The third kappa shape index (κ3) is 3.79. The number of aromatic nitrogens is 1. The Balaban J connectivity index is 2.12. The standard InChI is InChI=1S/C14H24N4O2S/c1-4-15-9-13-5-6-14(16-10-13)21(19,20)18-8-7-17(3)12(2)11-18/h5-6,10,12,15H,4,7-9,11H2,1-3H3. The summed E-state index contributed by atoms with van der Waals surface area (Å²) in [4.78, 5) is 6.30. The van der Waals surface area contributed by atoms with Crippen molar-refractivity contribution in [1.82, 2.24) is 19.5 Å². The van der Waals surface area contributed by atoms with E-state index in [9.17, 15) is 8.42 Å². The van der Waals surface area contributed by atoms with Gasteiger partial charge in [-0.05, 0) is 32.1 Å². The van der Waals surface area contributed by atoms with Crippen LogP contribution < -0.4 is 5.32 Å². The van der Waals surface area contributed by atoms with Crippen LogP contribution in [-0.4, -0.2) is 61.9 Å². The van der Waals surface area contributed by atoms with E-state index in [0.717, 1.165) is 18.7 Å². The molecule has 0 bridgehead atoms. The van der Waals surface area contributed by atoms with Crippen LogP contribution in [0.3, 0.4) is 0 Å². The fraction of sp³-hybridized carbons (Fsp3) is 0.643. The molecule has 0 aliphatic carbocycles. The van der Waals surface area contributed by atoms with Crippen LogP contribution >= 0.6 is 0 Å². The second kappa shape index (κ2) is 6.83. The largest absolute Gasteiger partial charge is 0.313 e. The number of hydrogen-bond acceptors (Lipinski definition) is 5. The lowest BCUT2D eigenvalue weighted by Gasteiger charge is -2.36. The molecule has 21 heavy (non-hydrogen) atoms. The molecule has 0 aromatic carbocycles. The maximum absolute atomic E-state index is 12.6. The van der Waals surface area contributed by atoms with Crippen molar-refractivity contribution in [3.63, 3.8) is 0 Å². The van der Waals surface area contributed by atoms with Gasteiger partial charge < -0.3 is 10.2 Å². The molecule has 1 saturated heterocycles. The van der Waals surface area contributed by atoms with E-state index in [4.69, 9.17) is 0 Å². The minimum atomic E-state index is -3.48. The van der Waals surface area contributed by atoms with Crippen LogP contribution in [0.1, 0.15) is 19.4 Å². The predicted octanol–water partition coefficient (Wildman–Crippen LogP) is 0.516. The van der Waals surface area contributed by atoms with E-state index in [-0.39, 0.29) is 11.1 Å². The highest BCUT2D eigenvalue weighted by Gasteiger charge is 2.31. The molecule has 1 aliphatic heterocycles. The van der Waals surface area contributed by atoms with Crippen molar-refractivity contribution in [2.24, 2.45) is 0 Å². The predicted molar refractivity (Wildman–Crippen MR) is 82.5 cm³/mol. The summed E-state index contributed by atoms with van der Waals surface area (Å²) < 4.78 is 26.7. The van der Waals surface area contributed by atoms with E-state index in [1.165, 1.54) is 4.31 Å². The molecule has 2 rings (SSSR count). The maximum atomic E-state index is 12.6. The molecule has 1 aromatic heterocycles. The van der Waals surface area contributed by atoms with Crippen LogP contribution in [0.25, 0.3) is 0 Å². The van der Waals surface area contributed by atoms with Crippen molar-refractivity contribution >= 4 is 10.0 Å². The molecule has 0 spiro atoms. The summed E-state index contributed by atoms with van der Waals surface area (Å²) in [6, 6.07) is 3.65. The molecule has 6 nitrogen and oxygen atoms in total. The number of likely N-dealkylation sites (N-methyl/N-ethyl adjacent to an activating group) is 1. The first kappa shape index (κ1) is 16.4. The van der Waals surface area contributed by atoms with E-state index in [2.05, 4.69) is 15.2 Å². The number of nitrogens with one attached hydrogen (secondary N) is 1. The molecule has 118 valence electrons. The maximum Gasteiger partial charge on any atom is 0.260 e. The average Bonchev–Trinajstić information content (AvgIpc) is 2.48. The molecule has 0 saturated carbocycles. The Morgan fingerprint density at radius 2 is 2.14 bits per heavy atom. The van der Waals surface area contributed by atoms with Crippen LogP contribution in [-0.2, 0) is 16.6 Å². The van der Waals surface area contributed by atoms with Gasteiger partial charge in [-0.2, -0.15) is 4.31 Å². The molecular weight excluding hydrogens is 288 g/mol. The molecule has 1 fully saturated rings. The summed E-state index contributed by atoms with van der Waals surface area (Å²) in [5.41, 5.74) is 0.988. The fourth-order valence-corrected chi connectivity index (χ4v) is 3.73. The van der Waals surface area contributed by atoms with E-state index >= 15 is 0 Å². The molecule has 1 atom stereocenters. The summed E-state index contributed by atoms with van der Waals surface area (Å²) in [5, 5.41) is 3.33. The Morgan fingerprint density at radius 1 is 1.38 bits per heavy atom. The number of piperazine rings is 1. The summed E-state index contributed by atoms with van der Waals surface area (Å²) >= 11 is 0. The van der Waals surface area contributed by atoms with Crippen LogP contribution in [0.2, 0.25) is 0 Å². The average molecular weight is 312 g/mol. The normalized spacial score (nSPS) is 21.6. The van der Waals surface area contributed by atoms with Gasteiger partial charge in [-0.1, -0.05) is 13.0 Å². The van der Waals surface area contributed by atoms with Gasteiger partial charge in [0.2, 0.25) is 0 Å². The lowest BCUT2D eigenvalue weighted by atomic mass is 10.2. The summed E-state index contributed by atoms with van der Waals surface area (Å²) in [6.45, 7) is 7.42. The number of pyridine rings is 1. The molecule has 1 N–H and O–H groups in total. The van der Waals surface area contributed by atoms with Crippen LogP contribution in [0, 0.1) is 0 Å². The number of sulfonamides is 1. The van der Waals surface area contributed by atoms with Gasteiger partial charge in [0.15, 0.2) is 5.03 Å². The molecule has 1 unspecified atom stereocenters. The smallest absolute Gasteiger partial charge is 0.260 e. The minimum Gasteiger partial charge on any atom is -0.313 e. The van der Waals surface area contributed by atoms with Crippen LogP contribution in [0.15, 0.2) is 23.4 Å². The highest BCUT2D eigenvalue weighted by molar-refractivity contribution is 7.89. The second-order valence-corrected chi connectivity index (χ2v) is 7.36. The zero-order chi connectivity index (χ0) is 15.5. The van der Waals surface area contributed by atoms with Crippen molar-refractivity contribution < 1.29 is 8.42 Å².